The highest BCUT2D eigenvalue weighted by atomic mass is 35.5. The van der Waals surface area contributed by atoms with Gasteiger partial charge in [-0.1, -0.05) is 71.2 Å². The summed E-state index contributed by atoms with van der Waals surface area (Å²) in [6, 6.07) is 20.7. The van der Waals surface area contributed by atoms with Gasteiger partial charge in [-0.05, 0) is 54.5 Å². The van der Waals surface area contributed by atoms with E-state index < -0.39 is 0 Å². The highest BCUT2D eigenvalue weighted by Gasteiger charge is 2.05. The predicted molar refractivity (Wildman–Crippen MR) is 112 cm³/mol. The van der Waals surface area contributed by atoms with Crippen molar-refractivity contribution in [3.63, 3.8) is 0 Å². The topological polar surface area (TPSA) is 26.3 Å². The van der Waals surface area contributed by atoms with Crippen LogP contribution in [-0.4, -0.2) is 5.78 Å². The van der Waals surface area contributed by atoms with E-state index in [2.05, 4.69) is 31.2 Å². The van der Waals surface area contributed by atoms with Gasteiger partial charge in [0.05, 0.1) is 10.0 Å². The zero-order valence-electron chi connectivity index (χ0n) is 14.8. The van der Waals surface area contributed by atoms with Gasteiger partial charge in [0.1, 0.15) is 12.4 Å². The lowest BCUT2D eigenvalue weighted by molar-refractivity contribution is 0.104. The summed E-state index contributed by atoms with van der Waals surface area (Å²) < 4.78 is 5.79. The van der Waals surface area contributed by atoms with E-state index >= 15 is 0 Å². The Balaban J connectivity index is 1.59. The molecule has 0 spiro atoms. The summed E-state index contributed by atoms with van der Waals surface area (Å²) in [5.74, 6) is 0.650. The lowest BCUT2D eigenvalue weighted by Gasteiger charge is -2.07. The van der Waals surface area contributed by atoms with Crippen LogP contribution in [0.2, 0.25) is 10.0 Å². The first-order chi connectivity index (χ1) is 13.0. The molecule has 3 rings (SSSR count). The summed E-state index contributed by atoms with van der Waals surface area (Å²) in [5, 5.41) is 0.796. The van der Waals surface area contributed by atoms with Crippen LogP contribution in [-0.2, 0) is 6.61 Å². The normalized spacial score (nSPS) is 10.9. The Bertz CT molecular complexity index is 959. The maximum atomic E-state index is 12.2. The smallest absolute Gasteiger partial charge is 0.185 e. The van der Waals surface area contributed by atoms with Gasteiger partial charge in [0.15, 0.2) is 5.78 Å². The van der Waals surface area contributed by atoms with E-state index in [1.807, 2.05) is 24.3 Å². The number of carbonyl (C=O) groups is 1. The molecular formula is C23H18Cl2O2. The third kappa shape index (κ3) is 5.46. The molecule has 2 nitrogen and oxygen atoms in total. The van der Waals surface area contributed by atoms with E-state index in [9.17, 15) is 4.79 Å². The highest BCUT2D eigenvalue weighted by Crippen LogP contribution is 2.23. The minimum atomic E-state index is -0.131. The van der Waals surface area contributed by atoms with Crippen molar-refractivity contribution in [2.75, 3.05) is 0 Å². The van der Waals surface area contributed by atoms with Crippen molar-refractivity contribution in [2.24, 2.45) is 0 Å². The van der Waals surface area contributed by atoms with Crippen LogP contribution in [0.25, 0.3) is 6.08 Å². The van der Waals surface area contributed by atoms with E-state index in [0.29, 0.717) is 22.2 Å². The van der Waals surface area contributed by atoms with Crippen molar-refractivity contribution in [3.8, 4) is 5.75 Å². The molecule has 3 aromatic carbocycles. The Labute approximate surface area is 169 Å². The average Bonchev–Trinajstić information content (AvgIpc) is 2.68. The number of allylic oxidation sites excluding steroid dienone is 1. The quantitative estimate of drug-likeness (QED) is 0.339. The fourth-order valence-corrected chi connectivity index (χ4v) is 2.74. The van der Waals surface area contributed by atoms with Gasteiger partial charge in [0, 0.05) is 5.56 Å². The van der Waals surface area contributed by atoms with Crippen LogP contribution >= 0.6 is 23.2 Å². The molecular weight excluding hydrogens is 379 g/mol. The van der Waals surface area contributed by atoms with Gasteiger partial charge in [-0.15, -0.1) is 0 Å². The summed E-state index contributed by atoms with van der Waals surface area (Å²) in [6.07, 6.45) is 3.27. The maximum absolute atomic E-state index is 12.2. The van der Waals surface area contributed by atoms with Gasteiger partial charge in [0.2, 0.25) is 0 Å². The first-order valence-electron chi connectivity index (χ1n) is 8.47. The Hall–Kier alpha value is -2.55. The van der Waals surface area contributed by atoms with E-state index in [1.165, 1.54) is 11.6 Å². The van der Waals surface area contributed by atoms with Crippen molar-refractivity contribution in [1.29, 1.82) is 0 Å². The van der Waals surface area contributed by atoms with Gasteiger partial charge in [0.25, 0.3) is 0 Å². The fraction of sp³-hybridized carbons (Fsp3) is 0.0870. The molecule has 0 radical (unpaired) electrons. The van der Waals surface area contributed by atoms with Crippen molar-refractivity contribution in [2.45, 2.75) is 13.5 Å². The second-order valence-corrected chi connectivity index (χ2v) is 6.98. The van der Waals surface area contributed by atoms with E-state index in [1.54, 1.807) is 24.3 Å². The molecule has 0 aliphatic carbocycles. The number of benzene rings is 3. The molecule has 0 bridgehead atoms. The lowest BCUT2D eigenvalue weighted by atomic mass is 10.1. The van der Waals surface area contributed by atoms with Gasteiger partial charge in [-0.2, -0.15) is 0 Å². The van der Waals surface area contributed by atoms with Crippen LogP contribution in [0, 0.1) is 6.92 Å². The lowest BCUT2D eigenvalue weighted by Crippen LogP contribution is -1.95. The molecule has 0 fully saturated rings. The molecule has 3 aromatic rings. The fourth-order valence-electron chi connectivity index (χ4n) is 2.44. The number of ether oxygens (including phenoxy) is 1. The molecule has 0 saturated carbocycles. The number of carbonyl (C=O) groups excluding carboxylic acids is 1. The first kappa shape index (κ1) is 19.2. The molecule has 0 aliphatic heterocycles. The average molecular weight is 397 g/mol. The molecule has 0 saturated heterocycles. The van der Waals surface area contributed by atoms with Crippen LogP contribution in [0.3, 0.4) is 0 Å². The standard InChI is InChI=1S/C23H18Cl2O2/c1-16-2-4-18(5-3-16)15-27-20-10-6-17(7-11-20)8-13-23(26)19-9-12-21(24)22(25)14-19/h2-14H,15H2,1H3/b13-8+. The van der Waals surface area contributed by atoms with Crippen LogP contribution in [0.15, 0.2) is 72.8 Å². The van der Waals surface area contributed by atoms with Crippen molar-refractivity contribution < 1.29 is 9.53 Å². The van der Waals surface area contributed by atoms with Crippen LogP contribution in [0.5, 0.6) is 5.75 Å². The highest BCUT2D eigenvalue weighted by molar-refractivity contribution is 6.42. The summed E-state index contributed by atoms with van der Waals surface area (Å²) in [5.41, 5.74) is 3.76. The zero-order chi connectivity index (χ0) is 19.2. The van der Waals surface area contributed by atoms with Gasteiger partial charge < -0.3 is 4.74 Å². The van der Waals surface area contributed by atoms with Crippen molar-refractivity contribution >= 4 is 35.1 Å². The summed E-state index contributed by atoms with van der Waals surface area (Å²) in [4.78, 5) is 12.2. The molecule has 0 N–H and O–H groups in total. The van der Waals surface area contributed by atoms with Crippen LogP contribution < -0.4 is 4.74 Å². The molecule has 4 heteroatoms. The second-order valence-electron chi connectivity index (χ2n) is 6.17. The Morgan fingerprint density at radius 3 is 2.30 bits per heavy atom. The van der Waals surface area contributed by atoms with Crippen molar-refractivity contribution in [1.82, 2.24) is 0 Å². The van der Waals surface area contributed by atoms with Crippen molar-refractivity contribution in [3.05, 3.63) is 105 Å². The van der Waals surface area contributed by atoms with Gasteiger partial charge in [-0.3, -0.25) is 4.79 Å². The summed E-state index contributed by atoms with van der Waals surface area (Å²) in [6.45, 7) is 2.58. The molecule has 0 aromatic heterocycles. The Morgan fingerprint density at radius 1 is 0.926 bits per heavy atom. The molecule has 0 amide bonds. The molecule has 0 heterocycles. The minimum Gasteiger partial charge on any atom is -0.489 e. The Kier molecular flexibility index (Phi) is 6.33. The third-order valence-corrected chi connectivity index (χ3v) is 4.78. The number of halogens is 2. The molecule has 136 valence electrons. The SMILES string of the molecule is Cc1ccc(COc2ccc(/C=C/C(=O)c3ccc(Cl)c(Cl)c3)cc2)cc1. The molecule has 0 atom stereocenters. The summed E-state index contributed by atoms with van der Waals surface area (Å²) in [7, 11) is 0. The van der Waals surface area contributed by atoms with E-state index in [0.717, 1.165) is 16.9 Å². The predicted octanol–water partition coefficient (Wildman–Crippen LogP) is 6.78. The maximum Gasteiger partial charge on any atom is 0.185 e. The number of hydrogen-bond donors (Lipinski definition) is 0. The largest absolute Gasteiger partial charge is 0.489 e. The Morgan fingerprint density at radius 2 is 1.63 bits per heavy atom. The number of ketones is 1. The van der Waals surface area contributed by atoms with E-state index in [4.69, 9.17) is 27.9 Å². The molecule has 0 aliphatic rings. The summed E-state index contributed by atoms with van der Waals surface area (Å²) >= 11 is 11.8. The zero-order valence-corrected chi connectivity index (χ0v) is 16.3. The number of aryl methyl sites for hydroxylation is 1. The number of rotatable bonds is 6. The van der Waals surface area contributed by atoms with Gasteiger partial charge >= 0.3 is 0 Å². The first-order valence-corrected chi connectivity index (χ1v) is 9.23. The number of hydrogen-bond acceptors (Lipinski definition) is 2. The van der Waals surface area contributed by atoms with Crippen LogP contribution in [0.1, 0.15) is 27.0 Å². The van der Waals surface area contributed by atoms with Gasteiger partial charge in [-0.25, -0.2) is 0 Å². The second kappa shape index (κ2) is 8.90. The van der Waals surface area contributed by atoms with Crippen LogP contribution in [0.4, 0.5) is 0 Å². The third-order valence-electron chi connectivity index (χ3n) is 4.04. The molecule has 0 unspecified atom stereocenters. The monoisotopic (exact) mass is 396 g/mol. The minimum absolute atomic E-state index is 0.131. The van der Waals surface area contributed by atoms with E-state index in [-0.39, 0.29) is 5.78 Å². The molecule has 27 heavy (non-hydrogen) atoms.